The maximum atomic E-state index is 12.8. The van der Waals surface area contributed by atoms with E-state index in [2.05, 4.69) is 30.6 Å². The van der Waals surface area contributed by atoms with E-state index in [0.717, 1.165) is 49.4 Å². The molecule has 28 heavy (non-hydrogen) atoms. The Bertz CT molecular complexity index is 695. The van der Waals surface area contributed by atoms with E-state index in [0.29, 0.717) is 23.9 Å². The number of rotatable bonds is 8. The molecule has 3 atom stereocenters. The zero-order chi connectivity index (χ0) is 20.4. The van der Waals surface area contributed by atoms with Crippen molar-refractivity contribution in [3.63, 3.8) is 0 Å². The first-order chi connectivity index (χ1) is 13.2. The van der Waals surface area contributed by atoms with E-state index < -0.39 is 0 Å². The Morgan fingerprint density at radius 2 is 1.93 bits per heavy atom. The van der Waals surface area contributed by atoms with Crippen LogP contribution >= 0.6 is 11.6 Å². The smallest absolute Gasteiger partial charge is 0.138 e. The molecule has 2 fully saturated rings. The van der Waals surface area contributed by atoms with E-state index in [9.17, 15) is 4.79 Å². The number of Topliss-reactive ketones (excluding diaryl/α,β-unsaturated/α-hetero) is 1. The lowest BCUT2D eigenvalue weighted by Crippen LogP contribution is -2.43. The van der Waals surface area contributed by atoms with Crippen LogP contribution < -0.4 is 4.90 Å². The van der Waals surface area contributed by atoms with Crippen LogP contribution in [0, 0.1) is 5.92 Å². The van der Waals surface area contributed by atoms with Gasteiger partial charge in [-0.2, -0.15) is 0 Å². The zero-order valence-electron chi connectivity index (χ0n) is 17.9. The number of ether oxygens (including phenoxy) is 1. The predicted molar refractivity (Wildman–Crippen MR) is 114 cm³/mol. The minimum absolute atomic E-state index is 0.242. The number of pyridine rings is 1. The molecule has 156 valence electrons. The summed E-state index contributed by atoms with van der Waals surface area (Å²) in [4.78, 5) is 21.9. The van der Waals surface area contributed by atoms with Gasteiger partial charge in [-0.05, 0) is 38.9 Å². The molecule has 3 heterocycles. The molecule has 0 aliphatic carbocycles. The molecule has 5 nitrogen and oxygen atoms in total. The van der Waals surface area contributed by atoms with Gasteiger partial charge < -0.3 is 14.5 Å². The van der Waals surface area contributed by atoms with Crippen LogP contribution in [0.5, 0.6) is 0 Å². The first-order valence-electron chi connectivity index (χ1n) is 10.5. The molecular formula is C22H34ClN3O2. The van der Waals surface area contributed by atoms with Crippen molar-refractivity contribution in [3.8, 4) is 0 Å². The molecule has 2 saturated heterocycles. The van der Waals surface area contributed by atoms with Crippen molar-refractivity contribution in [3.05, 3.63) is 22.5 Å². The Labute approximate surface area is 174 Å². The van der Waals surface area contributed by atoms with Gasteiger partial charge in [-0.15, -0.1) is 0 Å². The minimum Gasteiger partial charge on any atom is -0.371 e. The van der Waals surface area contributed by atoms with E-state index in [-0.39, 0.29) is 23.9 Å². The number of fused-ring (bicyclic) bond motifs is 2. The largest absolute Gasteiger partial charge is 0.371 e. The predicted octanol–water partition coefficient (Wildman–Crippen LogP) is 3.93. The highest BCUT2D eigenvalue weighted by Crippen LogP contribution is 2.37. The molecule has 2 bridgehead atoms. The van der Waals surface area contributed by atoms with Crippen LogP contribution in [0.2, 0.25) is 5.15 Å². The third kappa shape index (κ3) is 5.05. The number of hydrogen-bond acceptors (Lipinski definition) is 5. The molecule has 2 aliphatic rings. The van der Waals surface area contributed by atoms with Gasteiger partial charge in [0.25, 0.3) is 0 Å². The Hall–Kier alpha value is -1.17. The summed E-state index contributed by atoms with van der Waals surface area (Å²) in [5, 5.41) is 0.515. The number of nitrogens with zero attached hydrogens (tertiary/aromatic N) is 3. The number of halogens is 1. The number of aromatic nitrogens is 1. The van der Waals surface area contributed by atoms with E-state index in [1.165, 1.54) is 0 Å². The van der Waals surface area contributed by atoms with Crippen molar-refractivity contribution in [2.24, 2.45) is 5.92 Å². The third-order valence-electron chi connectivity index (χ3n) is 6.13. The standard InChI is InChI=1S/C22H34ClN3O2/c1-14(2)15(3)22-19(10-16(27)8-9-25(4)5)20(11-21(23)24-22)26-12-17-6-7-18(13-26)28-17/h11,14-15,17-18H,6-10,12-13H2,1-5H3. The van der Waals surface area contributed by atoms with Crippen molar-refractivity contribution >= 4 is 23.1 Å². The van der Waals surface area contributed by atoms with Gasteiger partial charge in [0.05, 0.1) is 17.9 Å². The molecule has 0 N–H and O–H groups in total. The van der Waals surface area contributed by atoms with Crippen LogP contribution in [0.15, 0.2) is 6.07 Å². The summed E-state index contributed by atoms with van der Waals surface area (Å²) in [7, 11) is 4.00. The maximum absolute atomic E-state index is 12.8. The Morgan fingerprint density at radius 3 is 2.50 bits per heavy atom. The number of hydrogen-bond donors (Lipinski definition) is 0. The van der Waals surface area contributed by atoms with E-state index in [4.69, 9.17) is 21.3 Å². The second kappa shape index (κ2) is 9.10. The number of morpholine rings is 1. The highest BCUT2D eigenvalue weighted by atomic mass is 35.5. The topological polar surface area (TPSA) is 45.7 Å². The second-order valence-corrected chi connectivity index (χ2v) is 9.38. The molecule has 1 aromatic rings. The van der Waals surface area contributed by atoms with Crippen molar-refractivity contribution in [2.75, 3.05) is 38.6 Å². The molecular weight excluding hydrogens is 374 g/mol. The van der Waals surface area contributed by atoms with Crippen molar-refractivity contribution < 1.29 is 9.53 Å². The molecule has 0 spiro atoms. The van der Waals surface area contributed by atoms with Crippen LogP contribution in [0.25, 0.3) is 0 Å². The van der Waals surface area contributed by atoms with Gasteiger partial charge in [0.1, 0.15) is 10.9 Å². The molecule has 0 radical (unpaired) electrons. The van der Waals surface area contributed by atoms with Gasteiger partial charge in [0.15, 0.2) is 0 Å². The molecule has 2 aliphatic heterocycles. The number of ketones is 1. The van der Waals surface area contributed by atoms with Crippen LogP contribution in [0.4, 0.5) is 5.69 Å². The normalized spacial score (nSPS) is 22.9. The van der Waals surface area contributed by atoms with Gasteiger partial charge in [0.2, 0.25) is 0 Å². The average Bonchev–Trinajstić information content (AvgIpc) is 2.98. The fourth-order valence-corrected chi connectivity index (χ4v) is 4.34. The summed E-state index contributed by atoms with van der Waals surface area (Å²) in [6.07, 6.45) is 3.78. The first-order valence-corrected chi connectivity index (χ1v) is 10.9. The van der Waals surface area contributed by atoms with E-state index in [1.807, 2.05) is 20.2 Å². The summed E-state index contributed by atoms with van der Waals surface area (Å²) >= 11 is 6.46. The molecule has 6 heteroatoms. The van der Waals surface area contributed by atoms with Gasteiger partial charge in [0, 0.05) is 49.6 Å². The molecule has 0 aromatic carbocycles. The van der Waals surface area contributed by atoms with Crippen LogP contribution in [0.3, 0.4) is 0 Å². The lowest BCUT2D eigenvalue weighted by Gasteiger charge is -2.36. The minimum atomic E-state index is 0.242. The highest BCUT2D eigenvalue weighted by molar-refractivity contribution is 6.29. The SMILES string of the molecule is CC(C)C(C)c1nc(Cl)cc(N2CC3CCC(C2)O3)c1CC(=O)CCN(C)C. The van der Waals surface area contributed by atoms with Crippen molar-refractivity contribution in [1.82, 2.24) is 9.88 Å². The Balaban J connectivity index is 1.95. The second-order valence-electron chi connectivity index (χ2n) is 8.99. The van der Waals surface area contributed by atoms with Crippen LogP contribution in [0.1, 0.15) is 57.2 Å². The summed E-state index contributed by atoms with van der Waals surface area (Å²) in [6, 6.07) is 1.96. The van der Waals surface area contributed by atoms with Gasteiger partial charge in [-0.25, -0.2) is 4.98 Å². The van der Waals surface area contributed by atoms with E-state index >= 15 is 0 Å². The number of carbonyl (C=O) groups is 1. The van der Waals surface area contributed by atoms with Gasteiger partial charge in [-0.3, -0.25) is 4.79 Å². The lowest BCUT2D eigenvalue weighted by molar-refractivity contribution is -0.118. The number of anilines is 1. The molecule has 1 aromatic heterocycles. The lowest BCUT2D eigenvalue weighted by atomic mass is 9.88. The average molecular weight is 408 g/mol. The summed E-state index contributed by atoms with van der Waals surface area (Å²) < 4.78 is 6.02. The molecule has 3 unspecified atom stereocenters. The first kappa shape index (κ1) is 21.5. The van der Waals surface area contributed by atoms with Gasteiger partial charge >= 0.3 is 0 Å². The van der Waals surface area contributed by atoms with E-state index in [1.54, 1.807) is 0 Å². The Morgan fingerprint density at radius 1 is 1.29 bits per heavy atom. The quantitative estimate of drug-likeness (QED) is 0.611. The maximum Gasteiger partial charge on any atom is 0.138 e. The summed E-state index contributed by atoms with van der Waals surface area (Å²) in [5.74, 6) is 0.926. The summed E-state index contributed by atoms with van der Waals surface area (Å²) in [5.41, 5.74) is 3.13. The van der Waals surface area contributed by atoms with Crippen molar-refractivity contribution in [2.45, 2.75) is 64.6 Å². The van der Waals surface area contributed by atoms with Crippen molar-refractivity contribution in [1.29, 1.82) is 0 Å². The van der Waals surface area contributed by atoms with Crippen LogP contribution in [-0.2, 0) is 16.0 Å². The summed E-state index contributed by atoms with van der Waals surface area (Å²) in [6.45, 7) is 9.07. The zero-order valence-corrected chi connectivity index (χ0v) is 18.6. The highest BCUT2D eigenvalue weighted by Gasteiger charge is 2.35. The fourth-order valence-electron chi connectivity index (χ4n) is 4.15. The monoisotopic (exact) mass is 407 g/mol. The molecule has 0 saturated carbocycles. The van der Waals surface area contributed by atoms with Gasteiger partial charge in [-0.1, -0.05) is 32.4 Å². The third-order valence-corrected chi connectivity index (χ3v) is 6.32. The Kier molecular flexibility index (Phi) is 7.00. The number of carbonyl (C=O) groups excluding carboxylic acids is 1. The molecule has 3 rings (SSSR count). The van der Waals surface area contributed by atoms with Crippen LogP contribution in [-0.4, -0.2) is 61.6 Å². The fraction of sp³-hybridized carbons (Fsp3) is 0.727. The molecule has 0 amide bonds.